The van der Waals surface area contributed by atoms with Gasteiger partial charge in [-0.1, -0.05) is 0 Å². The van der Waals surface area contributed by atoms with Crippen LogP contribution in [0, 0.1) is 5.82 Å². The van der Waals surface area contributed by atoms with E-state index in [0.717, 1.165) is 49.1 Å². The third-order valence-corrected chi connectivity index (χ3v) is 5.42. The normalized spacial score (nSPS) is 14.5. The molecule has 1 aliphatic heterocycles. The van der Waals surface area contributed by atoms with Gasteiger partial charge in [-0.2, -0.15) is 0 Å². The highest BCUT2D eigenvalue weighted by Crippen LogP contribution is 2.26. The molecule has 30 heavy (non-hydrogen) atoms. The first-order chi connectivity index (χ1) is 14.4. The zero-order chi connectivity index (χ0) is 21.3. The van der Waals surface area contributed by atoms with Crippen LogP contribution in [0.3, 0.4) is 0 Å². The predicted octanol–water partition coefficient (Wildman–Crippen LogP) is 4.15. The molecule has 1 aliphatic rings. The fourth-order valence-corrected chi connectivity index (χ4v) is 3.96. The van der Waals surface area contributed by atoms with Gasteiger partial charge in [0.25, 0.3) is 0 Å². The molecule has 3 heterocycles. The SMILES string of the molecule is CC(C)OC(=O)c1cc2c(ccn2-c2ccc(F)cc2)n1CC(=O)N1CCCCC1. The number of aromatic nitrogens is 2. The molecule has 0 spiro atoms. The summed E-state index contributed by atoms with van der Waals surface area (Å²) in [5, 5.41) is 0. The minimum absolute atomic E-state index is 0.000305. The summed E-state index contributed by atoms with van der Waals surface area (Å²) in [7, 11) is 0. The summed E-state index contributed by atoms with van der Waals surface area (Å²) < 4.78 is 22.4. The van der Waals surface area contributed by atoms with Gasteiger partial charge in [0, 0.05) is 25.0 Å². The van der Waals surface area contributed by atoms with Gasteiger partial charge in [0.05, 0.1) is 17.1 Å². The van der Waals surface area contributed by atoms with E-state index in [0.29, 0.717) is 5.69 Å². The van der Waals surface area contributed by atoms with Crippen molar-refractivity contribution in [2.45, 2.75) is 45.8 Å². The van der Waals surface area contributed by atoms with Crippen molar-refractivity contribution < 1.29 is 18.7 Å². The van der Waals surface area contributed by atoms with E-state index in [1.807, 2.05) is 21.7 Å². The molecular formula is C23H26FN3O3. The largest absolute Gasteiger partial charge is 0.458 e. The van der Waals surface area contributed by atoms with Crippen molar-refractivity contribution in [1.29, 1.82) is 0 Å². The smallest absolute Gasteiger partial charge is 0.355 e. The van der Waals surface area contributed by atoms with Crippen LogP contribution >= 0.6 is 0 Å². The van der Waals surface area contributed by atoms with E-state index in [1.165, 1.54) is 12.1 Å². The van der Waals surface area contributed by atoms with Gasteiger partial charge >= 0.3 is 5.97 Å². The Balaban J connectivity index is 1.74. The number of esters is 1. The molecule has 1 aromatic carbocycles. The van der Waals surface area contributed by atoms with Crippen LogP contribution in [0.5, 0.6) is 0 Å². The summed E-state index contributed by atoms with van der Waals surface area (Å²) in [6, 6.07) is 9.76. The van der Waals surface area contributed by atoms with E-state index in [9.17, 15) is 14.0 Å². The van der Waals surface area contributed by atoms with Crippen molar-refractivity contribution in [2.24, 2.45) is 0 Å². The van der Waals surface area contributed by atoms with Crippen LogP contribution in [0.4, 0.5) is 4.39 Å². The molecule has 1 fully saturated rings. The Morgan fingerprint density at radius 3 is 2.40 bits per heavy atom. The predicted molar refractivity (Wildman–Crippen MR) is 112 cm³/mol. The van der Waals surface area contributed by atoms with Crippen LogP contribution in [0.1, 0.15) is 43.6 Å². The molecule has 6 nitrogen and oxygen atoms in total. The summed E-state index contributed by atoms with van der Waals surface area (Å²) in [4.78, 5) is 27.6. The third-order valence-electron chi connectivity index (χ3n) is 5.42. The summed E-state index contributed by atoms with van der Waals surface area (Å²) in [5.74, 6) is -0.772. The zero-order valence-electron chi connectivity index (χ0n) is 17.3. The number of carbonyl (C=O) groups excluding carboxylic acids is 2. The number of hydrogen-bond donors (Lipinski definition) is 0. The molecule has 1 saturated heterocycles. The summed E-state index contributed by atoms with van der Waals surface area (Å²) in [6.45, 7) is 5.18. The van der Waals surface area contributed by atoms with Crippen LogP contribution in [-0.2, 0) is 16.1 Å². The number of fused-ring (bicyclic) bond motifs is 1. The molecule has 0 atom stereocenters. The van der Waals surface area contributed by atoms with Gasteiger partial charge in [-0.05, 0) is 69.5 Å². The van der Waals surface area contributed by atoms with E-state index < -0.39 is 5.97 Å². The maximum absolute atomic E-state index is 13.3. The molecule has 0 unspecified atom stereocenters. The number of amides is 1. The Labute approximate surface area is 174 Å². The molecule has 1 amide bonds. The van der Waals surface area contributed by atoms with E-state index in [-0.39, 0.29) is 24.4 Å². The lowest BCUT2D eigenvalue weighted by molar-refractivity contribution is -0.132. The summed E-state index contributed by atoms with van der Waals surface area (Å²) in [6.07, 6.45) is 4.75. The minimum atomic E-state index is -0.460. The topological polar surface area (TPSA) is 56.5 Å². The number of ether oxygens (including phenoxy) is 1. The number of piperidine rings is 1. The first kappa shape index (κ1) is 20.2. The Morgan fingerprint density at radius 2 is 1.73 bits per heavy atom. The Hall–Kier alpha value is -3.09. The van der Waals surface area contributed by atoms with Crippen molar-refractivity contribution in [3.63, 3.8) is 0 Å². The number of hydrogen-bond acceptors (Lipinski definition) is 3. The van der Waals surface area contributed by atoms with Crippen LogP contribution in [0.15, 0.2) is 42.6 Å². The van der Waals surface area contributed by atoms with Gasteiger partial charge in [-0.25, -0.2) is 9.18 Å². The molecule has 4 rings (SSSR count). The lowest BCUT2D eigenvalue weighted by Gasteiger charge is -2.27. The second kappa shape index (κ2) is 8.34. The van der Waals surface area contributed by atoms with Crippen molar-refractivity contribution >= 4 is 22.9 Å². The number of likely N-dealkylation sites (tertiary alicyclic amines) is 1. The molecule has 2 aromatic heterocycles. The van der Waals surface area contributed by atoms with Gasteiger partial charge in [-0.15, -0.1) is 0 Å². The third kappa shape index (κ3) is 3.97. The lowest BCUT2D eigenvalue weighted by atomic mass is 10.1. The maximum Gasteiger partial charge on any atom is 0.355 e. The molecule has 158 valence electrons. The molecule has 0 N–H and O–H groups in total. The highest BCUT2D eigenvalue weighted by Gasteiger charge is 2.24. The fourth-order valence-electron chi connectivity index (χ4n) is 3.96. The van der Waals surface area contributed by atoms with Crippen LogP contribution in [0.25, 0.3) is 16.7 Å². The Morgan fingerprint density at radius 1 is 1.03 bits per heavy atom. The van der Waals surface area contributed by atoms with Gasteiger partial charge in [0.15, 0.2) is 0 Å². The molecule has 0 aliphatic carbocycles. The zero-order valence-corrected chi connectivity index (χ0v) is 17.3. The number of rotatable bonds is 5. The van der Waals surface area contributed by atoms with Crippen molar-refractivity contribution in [2.75, 3.05) is 13.1 Å². The molecule has 7 heteroatoms. The van der Waals surface area contributed by atoms with Crippen molar-refractivity contribution in [3.8, 4) is 5.69 Å². The van der Waals surface area contributed by atoms with E-state index in [2.05, 4.69) is 0 Å². The molecule has 3 aromatic rings. The van der Waals surface area contributed by atoms with Crippen molar-refractivity contribution in [1.82, 2.24) is 14.0 Å². The average Bonchev–Trinajstić information content (AvgIpc) is 3.29. The van der Waals surface area contributed by atoms with Crippen LogP contribution < -0.4 is 0 Å². The first-order valence-electron chi connectivity index (χ1n) is 10.4. The number of carbonyl (C=O) groups is 2. The van der Waals surface area contributed by atoms with Gasteiger partial charge < -0.3 is 18.8 Å². The average molecular weight is 411 g/mol. The van der Waals surface area contributed by atoms with Gasteiger partial charge in [-0.3, -0.25) is 4.79 Å². The molecule has 0 radical (unpaired) electrons. The van der Waals surface area contributed by atoms with E-state index >= 15 is 0 Å². The van der Waals surface area contributed by atoms with Gasteiger partial charge in [0.2, 0.25) is 5.91 Å². The summed E-state index contributed by atoms with van der Waals surface area (Å²) >= 11 is 0. The fraction of sp³-hybridized carbons (Fsp3) is 0.391. The molecular weight excluding hydrogens is 385 g/mol. The minimum Gasteiger partial charge on any atom is -0.458 e. The standard InChI is InChI=1S/C23H26FN3O3/c1-16(2)30-23(29)21-14-20-19(10-13-26(20)18-8-6-17(24)7-9-18)27(21)15-22(28)25-11-4-3-5-12-25/h6-10,13-14,16H,3-5,11-12,15H2,1-2H3. The van der Waals surface area contributed by atoms with Crippen molar-refractivity contribution in [3.05, 3.63) is 54.1 Å². The number of halogens is 1. The van der Waals surface area contributed by atoms with E-state index in [4.69, 9.17) is 4.74 Å². The Bertz CT molecular complexity index is 1060. The Kier molecular flexibility index (Phi) is 5.61. The number of benzene rings is 1. The van der Waals surface area contributed by atoms with Crippen LogP contribution in [0.2, 0.25) is 0 Å². The first-order valence-corrected chi connectivity index (χ1v) is 10.4. The van der Waals surface area contributed by atoms with Gasteiger partial charge in [0.1, 0.15) is 18.1 Å². The van der Waals surface area contributed by atoms with E-state index in [1.54, 1.807) is 36.6 Å². The molecule has 0 bridgehead atoms. The lowest BCUT2D eigenvalue weighted by Crippen LogP contribution is -2.38. The highest BCUT2D eigenvalue weighted by molar-refractivity contribution is 5.96. The molecule has 0 saturated carbocycles. The monoisotopic (exact) mass is 411 g/mol. The second-order valence-electron chi connectivity index (χ2n) is 7.94. The van der Waals surface area contributed by atoms with Crippen LogP contribution in [-0.4, -0.2) is 45.1 Å². The second-order valence-corrected chi connectivity index (χ2v) is 7.94. The highest BCUT2D eigenvalue weighted by atomic mass is 19.1. The quantitative estimate of drug-likeness (QED) is 0.593. The summed E-state index contributed by atoms with van der Waals surface area (Å²) in [5.41, 5.74) is 2.65. The maximum atomic E-state index is 13.3. The number of nitrogens with zero attached hydrogens (tertiary/aromatic N) is 3.